The third-order valence-electron chi connectivity index (χ3n) is 5.51. The summed E-state index contributed by atoms with van der Waals surface area (Å²) >= 11 is 6.36. The monoisotopic (exact) mass is 462 g/mol. The van der Waals surface area contributed by atoms with Crippen LogP contribution in [0.5, 0.6) is 0 Å². The molecule has 164 valence electrons. The fourth-order valence-electron chi connectivity index (χ4n) is 3.95. The van der Waals surface area contributed by atoms with Gasteiger partial charge in [0.2, 0.25) is 0 Å². The molecule has 2 aromatic heterocycles. The van der Waals surface area contributed by atoms with Gasteiger partial charge in [0, 0.05) is 22.8 Å². The van der Waals surface area contributed by atoms with Gasteiger partial charge in [-0.15, -0.1) is 0 Å². The summed E-state index contributed by atoms with van der Waals surface area (Å²) in [5, 5.41) is 5.05. The molecular formula is C25H17ClF2N4O. The van der Waals surface area contributed by atoms with E-state index in [1.807, 2.05) is 49.4 Å². The lowest BCUT2D eigenvalue weighted by Gasteiger charge is -2.22. The fourth-order valence-corrected chi connectivity index (χ4v) is 4.21. The van der Waals surface area contributed by atoms with Crippen molar-refractivity contribution in [1.82, 2.24) is 14.5 Å². The van der Waals surface area contributed by atoms with Crippen LogP contribution < -0.4 is 10.9 Å². The number of halogens is 3. The predicted molar refractivity (Wildman–Crippen MR) is 126 cm³/mol. The Hall–Kier alpha value is -3.84. The smallest absolute Gasteiger partial charge is 0.264 e. The molecule has 3 aromatic carbocycles. The van der Waals surface area contributed by atoms with E-state index in [0.717, 1.165) is 12.1 Å². The van der Waals surface area contributed by atoms with Gasteiger partial charge in [-0.25, -0.2) is 18.7 Å². The highest BCUT2D eigenvalue weighted by molar-refractivity contribution is 6.35. The van der Waals surface area contributed by atoms with Gasteiger partial charge in [0.05, 0.1) is 22.0 Å². The minimum Gasteiger partial charge on any atom is -0.361 e. The molecule has 2 heterocycles. The average molecular weight is 463 g/mol. The molecular weight excluding hydrogens is 446 g/mol. The average Bonchev–Trinajstić information content (AvgIpc) is 2.80. The maximum Gasteiger partial charge on any atom is 0.264 e. The number of hydrogen-bond donors (Lipinski definition) is 1. The van der Waals surface area contributed by atoms with E-state index < -0.39 is 17.7 Å². The van der Waals surface area contributed by atoms with E-state index >= 15 is 0 Å². The van der Waals surface area contributed by atoms with Crippen LogP contribution in [0.4, 0.5) is 14.6 Å². The first kappa shape index (κ1) is 21.0. The summed E-state index contributed by atoms with van der Waals surface area (Å²) in [7, 11) is 0. The van der Waals surface area contributed by atoms with Crippen molar-refractivity contribution in [2.75, 3.05) is 5.32 Å². The molecule has 0 unspecified atom stereocenters. The molecule has 1 atom stereocenters. The molecule has 8 heteroatoms. The van der Waals surface area contributed by atoms with Gasteiger partial charge in [-0.1, -0.05) is 41.9 Å². The zero-order valence-electron chi connectivity index (χ0n) is 17.4. The van der Waals surface area contributed by atoms with E-state index in [9.17, 15) is 13.6 Å². The Labute approximate surface area is 192 Å². The van der Waals surface area contributed by atoms with Crippen LogP contribution in [0.15, 0.2) is 77.9 Å². The van der Waals surface area contributed by atoms with Crippen molar-refractivity contribution in [3.63, 3.8) is 0 Å². The van der Waals surface area contributed by atoms with Gasteiger partial charge < -0.3 is 5.32 Å². The number of nitrogens with zero attached hydrogens (tertiary/aromatic N) is 3. The molecule has 0 saturated carbocycles. The van der Waals surface area contributed by atoms with Gasteiger partial charge in [-0.05, 0) is 42.6 Å². The van der Waals surface area contributed by atoms with Crippen molar-refractivity contribution in [2.45, 2.75) is 13.0 Å². The van der Waals surface area contributed by atoms with Crippen molar-refractivity contribution in [3.8, 4) is 5.69 Å². The van der Waals surface area contributed by atoms with Crippen molar-refractivity contribution in [3.05, 3.63) is 106 Å². The molecule has 33 heavy (non-hydrogen) atoms. The lowest BCUT2D eigenvalue weighted by Crippen LogP contribution is -2.25. The Kier molecular flexibility index (Phi) is 5.26. The molecule has 0 spiro atoms. The zero-order chi connectivity index (χ0) is 23.1. The summed E-state index contributed by atoms with van der Waals surface area (Å²) in [6, 6.07) is 18.0. The first-order valence-corrected chi connectivity index (χ1v) is 10.6. The van der Waals surface area contributed by atoms with Crippen LogP contribution in [0.25, 0.3) is 27.4 Å². The second-order valence-electron chi connectivity index (χ2n) is 7.62. The maximum absolute atomic E-state index is 13.9. The maximum atomic E-state index is 13.9. The summed E-state index contributed by atoms with van der Waals surface area (Å²) in [5.74, 6) is -1.65. The second kappa shape index (κ2) is 8.26. The summed E-state index contributed by atoms with van der Waals surface area (Å²) in [4.78, 5) is 21.8. The lowest BCUT2D eigenvalue weighted by atomic mass is 10.1. The van der Waals surface area contributed by atoms with Gasteiger partial charge in [0.1, 0.15) is 12.1 Å². The molecule has 0 fully saturated rings. The van der Waals surface area contributed by atoms with Crippen LogP contribution in [0.2, 0.25) is 5.02 Å². The quantitative estimate of drug-likeness (QED) is 0.354. The number of hydrogen-bond acceptors (Lipinski definition) is 4. The van der Waals surface area contributed by atoms with Crippen LogP contribution in [0.1, 0.15) is 18.7 Å². The Morgan fingerprint density at radius 1 is 0.970 bits per heavy atom. The summed E-state index contributed by atoms with van der Waals surface area (Å²) in [6.07, 6.45) is 1.28. The number of para-hydroxylation sites is 1. The topological polar surface area (TPSA) is 59.8 Å². The van der Waals surface area contributed by atoms with Gasteiger partial charge in [-0.3, -0.25) is 9.36 Å². The normalized spacial score (nSPS) is 12.2. The van der Waals surface area contributed by atoms with E-state index in [1.54, 1.807) is 16.7 Å². The second-order valence-corrected chi connectivity index (χ2v) is 8.03. The van der Waals surface area contributed by atoms with E-state index in [1.165, 1.54) is 6.33 Å². The number of rotatable bonds is 4. The number of anilines is 1. The van der Waals surface area contributed by atoms with E-state index in [2.05, 4.69) is 15.3 Å². The molecule has 0 aliphatic carbocycles. The number of benzene rings is 3. The lowest BCUT2D eigenvalue weighted by molar-refractivity contribution is 0.510. The molecule has 0 saturated heterocycles. The van der Waals surface area contributed by atoms with Crippen LogP contribution in [-0.4, -0.2) is 14.5 Å². The van der Waals surface area contributed by atoms with Crippen LogP contribution in [0, 0.1) is 11.6 Å². The first-order chi connectivity index (χ1) is 15.9. The molecule has 5 aromatic rings. The Morgan fingerprint density at radius 2 is 1.73 bits per heavy atom. The molecule has 0 bridgehead atoms. The third kappa shape index (κ3) is 3.70. The summed E-state index contributed by atoms with van der Waals surface area (Å²) in [6.45, 7) is 1.86. The van der Waals surface area contributed by atoms with Crippen LogP contribution in [0.3, 0.4) is 0 Å². The van der Waals surface area contributed by atoms with E-state index in [4.69, 9.17) is 11.6 Å². The van der Waals surface area contributed by atoms with Gasteiger partial charge in [-0.2, -0.15) is 0 Å². The fraction of sp³-hybridized carbons (Fsp3) is 0.0800. The molecule has 0 aliphatic heterocycles. The molecule has 1 N–H and O–H groups in total. The van der Waals surface area contributed by atoms with Gasteiger partial charge in [0.25, 0.3) is 5.56 Å². The Morgan fingerprint density at radius 3 is 2.52 bits per heavy atom. The number of pyridine rings is 1. The molecule has 5 rings (SSSR count). The van der Waals surface area contributed by atoms with Crippen molar-refractivity contribution < 1.29 is 8.78 Å². The van der Waals surface area contributed by atoms with Crippen molar-refractivity contribution >= 4 is 39.1 Å². The van der Waals surface area contributed by atoms with E-state index in [-0.39, 0.29) is 11.1 Å². The summed E-state index contributed by atoms with van der Waals surface area (Å²) < 4.78 is 29.2. The van der Waals surface area contributed by atoms with Crippen LogP contribution in [-0.2, 0) is 0 Å². The number of nitrogens with one attached hydrogen (secondary N) is 1. The number of aromatic nitrogens is 3. The highest BCUT2D eigenvalue weighted by atomic mass is 35.5. The van der Waals surface area contributed by atoms with Gasteiger partial charge >= 0.3 is 0 Å². The highest BCUT2D eigenvalue weighted by Gasteiger charge is 2.19. The first-order valence-electron chi connectivity index (χ1n) is 10.2. The molecule has 0 radical (unpaired) electrons. The van der Waals surface area contributed by atoms with E-state index in [0.29, 0.717) is 38.4 Å². The minimum absolute atomic E-state index is 0.256. The predicted octanol–water partition coefficient (Wildman–Crippen LogP) is 6.04. The number of fused-ring (bicyclic) bond motifs is 2. The largest absolute Gasteiger partial charge is 0.361 e. The Balaban J connectivity index is 1.70. The van der Waals surface area contributed by atoms with Crippen molar-refractivity contribution in [2.24, 2.45) is 0 Å². The SMILES string of the molecule is C[C@@H](Nc1ncnc2cc(F)c(F)cc12)c1cc2cccc(Cl)c2c(=O)n1-c1ccccc1. The Bertz CT molecular complexity index is 1570. The third-order valence-corrected chi connectivity index (χ3v) is 5.83. The van der Waals surface area contributed by atoms with Gasteiger partial charge in [0.15, 0.2) is 11.6 Å². The zero-order valence-corrected chi connectivity index (χ0v) is 18.1. The summed E-state index contributed by atoms with van der Waals surface area (Å²) in [5.41, 5.74) is 1.34. The minimum atomic E-state index is -0.991. The van der Waals surface area contributed by atoms with Crippen LogP contribution >= 0.6 is 11.6 Å². The molecule has 5 nitrogen and oxygen atoms in total. The molecule has 0 amide bonds. The molecule has 0 aliphatic rings. The van der Waals surface area contributed by atoms with Crippen molar-refractivity contribution in [1.29, 1.82) is 0 Å². The highest BCUT2D eigenvalue weighted by Crippen LogP contribution is 2.29. The standard InChI is InChI=1S/C25H17ClF2N4O/c1-14(31-24-17-11-19(27)20(28)12-21(17)29-13-30-24)22-10-15-6-5-9-18(26)23(15)25(33)32(22)16-7-3-2-4-8-16/h2-14H,1H3,(H,29,30,31)/t14-/m1/s1.